The van der Waals surface area contributed by atoms with Gasteiger partial charge in [-0.3, -0.25) is 4.90 Å². The van der Waals surface area contributed by atoms with Crippen molar-refractivity contribution in [1.82, 2.24) is 9.62 Å². The van der Waals surface area contributed by atoms with Crippen molar-refractivity contribution in [2.75, 3.05) is 39.4 Å². The lowest BCUT2D eigenvalue weighted by Gasteiger charge is -2.26. The van der Waals surface area contributed by atoms with Gasteiger partial charge in [-0.2, -0.15) is 0 Å². The summed E-state index contributed by atoms with van der Waals surface area (Å²) in [6.45, 7) is 4.18. The van der Waals surface area contributed by atoms with Crippen LogP contribution in [0, 0.1) is 0 Å². The number of rotatable bonds is 5. The molecule has 2 aliphatic rings. The SMILES string of the molecule is NC1=CCC(S(=O)(=O)NCCN2CCOCC2)C=C1Cl. The van der Waals surface area contributed by atoms with Crippen molar-refractivity contribution in [1.29, 1.82) is 0 Å². The average molecular weight is 322 g/mol. The second kappa shape index (κ2) is 6.91. The zero-order chi connectivity index (χ0) is 14.6. The minimum atomic E-state index is -3.41. The van der Waals surface area contributed by atoms with Crippen LogP contribution >= 0.6 is 11.6 Å². The third-order valence-electron chi connectivity index (χ3n) is 3.41. The van der Waals surface area contributed by atoms with Crippen LogP contribution in [0.4, 0.5) is 0 Å². The number of nitrogens with zero attached hydrogens (tertiary/aromatic N) is 1. The zero-order valence-electron chi connectivity index (χ0n) is 11.2. The van der Waals surface area contributed by atoms with E-state index in [1.54, 1.807) is 6.08 Å². The van der Waals surface area contributed by atoms with E-state index < -0.39 is 15.3 Å². The topological polar surface area (TPSA) is 84.7 Å². The van der Waals surface area contributed by atoms with Crippen LogP contribution in [0.1, 0.15) is 6.42 Å². The number of hydrogen-bond donors (Lipinski definition) is 2. The Morgan fingerprint density at radius 2 is 2.15 bits per heavy atom. The molecule has 1 heterocycles. The summed E-state index contributed by atoms with van der Waals surface area (Å²) in [6.07, 6.45) is 3.50. The van der Waals surface area contributed by atoms with Crippen molar-refractivity contribution in [2.45, 2.75) is 11.7 Å². The number of ether oxygens (including phenoxy) is 1. The fourth-order valence-electron chi connectivity index (χ4n) is 2.16. The van der Waals surface area contributed by atoms with Crippen LogP contribution in [0.25, 0.3) is 0 Å². The van der Waals surface area contributed by atoms with Crippen LogP contribution in [0.5, 0.6) is 0 Å². The predicted octanol–water partition coefficient (Wildman–Crippen LogP) is -0.0244. The molecule has 0 radical (unpaired) electrons. The summed E-state index contributed by atoms with van der Waals surface area (Å²) in [7, 11) is -3.41. The summed E-state index contributed by atoms with van der Waals surface area (Å²) in [4.78, 5) is 2.17. The maximum absolute atomic E-state index is 12.2. The van der Waals surface area contributed by atoms with Gasteiger partial charge in [0.15, 0.2) is 0 Å². The summed E-state index contributed by atoms with van der Waals surface area (Å²) in [5, 5.41) is -0.341. The van der Waals surface area contributed by atoms with Gasteiger partial charge >= 0.3 is 0 Å². The molecule has 0 amide bonds. The molecule has 2 rings (SSSR count). The fourth-order valence-corrected chi connectivity index (χ4v) is 3.72. The van der Waals surface area contributed by atoms with Crippen LogP contribution in [-0.2, 0) is 14.8 Å². The van der Waals surface area contributed by atoms with Crippen molar-refractivity contribution < 1.29 is 13.2 Å². The third kappa shape index (κ3) is 4.20. The lowest BCUT2D eigenvalue weighted by atomic mass is 10.1. The Kier molecular flexibility index (Phi) is 5.45. The van der Waals surface area contributed by atoms with Crippen molar-refractivity contribution in [3.63, 3.8) is 0 Å². The van der Waals surface area contributed by atoms with Gasteiger partial charge in [-0.15, -0.1) is 0 Å². The van der Waals surface area contributed by atoms with Gasteiger partial charge in [0.25, 0.3) is 0 Å². The number of hydrogen-bond acceptors (Lipinski definition) is 5. The van der Waals surface area contributed by atoms with Gasteiger partial charge < -0.3 is 10.5 Å². The number of nitrogens with two attached hydrogens (primary N) is 1. The summed E-state index contributed by atoms with van der Waals surface area (Å²) in [6, 6.07) is 0. The van der Waals surface area contributed by atoms with E-state index in [0.29, 0.717) is 43.5 Å². The normalized spacial score (nSPS) is 25.1. The van der Waals surface area contributed by atoms with Gasteiger partial charge in [0.05, 0.1) is 23.5 Å². The van der Waals surface area contributed by atoms with Gasteiger partial charge in [0.2, 0.25) is 10.0 Å². The van der Waals surface area contributed by atoms with Crippen molar-refractivity contribution >= 4 is 21.6 Å². The molecule has 0 saturated carbocycles. The van der Waals surface area contributed by atoms with E-state index in [1.807, 2.05) is 0 Å². The Morgan fingerprint density at radius 3 is 2.80 bits per heavy atom. The van der Waals surface area contributed by atoms with Gasteiger partial charge in [-0.25, -0.2) is 13.1 Å². The predicted molar refractivity (Wildman–Crippen MR) is 78.8 cm³/mol. The summed E-state index contributed by atoms with van der Waals surface area (Å²) in [5.74, 6) is 0. The number of morpholine rings is 1. The molecule has 1 fully saturated rings. The van der Waals surface area contributed by atoms with Crippen molar-refractivity contribution in [2.24, 2.45) is 5.73 Å². The highest BCUT2D eigenvalue weighted by Gasteiger charge is 2.25. The summed E-state index contributed by atoms with van der Waals surface area (Å²) >= 11 is 5.88. The molecular weight excluding hydrogens is 302 g/mol. The standard InChI is InChI=1S/C12H20ClN3O3S/c13-11-9-10(1-2-12(11)14)20(17,18)15-3-4-16-5-7-19-8-6-16/h2,9-10,15H,1,3-8,14H2. The zero-order valence-corrected chi connectivity index (χ0v) is 12.8. The highest BCUT2D eigenvalue weighted by Crippen LogP contribution is 2.22. The highest BCUT2D eigenvalue weighted by molar-refractivity contribution is 7.90. The molecule has 114 valence electrons. The molecule has 3 N–H and O–H groups in total. The van der Waals surface area contributed by atoms with E-state index in [2.05, 4.69) is 9.62 Å². The Balaban J connectivity index is 1.82. The van der Waals surface area contributed by atoms with Crippen molar-refractivity contribution in [3.05, 3.63) is 22.9 Å². The molecule has 0 aromatic heterocycles. The molecule has 0 bridgehead atoms. The van der Waals surface area contributed by atoms with E-state index in [1.165, 1.54) is 6.08 Å². The monoisotopic (exact) mass is 321 g/mol. The van der Waals surface area contributed by atoms with Crippen LogP contribution in [0.3, 0.4) is 0 Å². The van der Waals surface area contributed by atoms with Crippen LogP contribution in [-0.4, -0.2) is 58.0 Å². The molecule has 0 aromatic carbocycles. The largest absolute Gasteiger partial charge is 0.398 e. The molecule has 1 aliphatic heterocycles. The molecule has 0 aromatic rings. The Labute approximate surface area is 124 Å². The number of allylic oxidation sites excluding steroid dienone is 2. The molecular formula is C12H20ClN3O3S. The van der Waals surface area contributed by atoms with Gasteiger partial charge in [0.1, 0.15) is 0 Å². The molecule has 1 unspecified atom stereocenters. The van der Waals surface area contributed by atoms with Gasteiger partial charge in [-0.05, 0) is 12.5 Å². The first-order chi connectivity index (χ1) is 9.49. The summed E-state index contributed by atoms with van der Waals surface area (Å²) in [5.41, 5.74) is 6.05. The van der Waals surface area contributed by atoms with Crippen LogP contribution < -0.4 is 10.5 Å². The van der Waals surface area contributed by atoms with E-state index in [0.717, 1.165) is 13.1 Å². The fraction of sp³-hybridized carbons (Fsp3) is 0.667. The molecule has 6 nitrogen and oxygen atoms in total. The minimum absolute atomic E-state index is 0.305. The second-order valence-corrected chi connectivity index (χ2v) is 7.23. The average Bonchev–Trinajstić information content (AvgIpc) is 2.43. The Hall–Kier alpha value is -0.600. The van der Waals surface area contributed by atoms with Gasteiger partial charge in [0, 0.05) is 31.9 Å². The van der Waals surface area contributed by atoms with Crippen LogP contribution in [0.2, 0.25) is 0 Å². The molecule has 1 aliphatic carbocycles. The Bertz CT molecular complexity index is 498. The van der Waals surface area contributed by atoms with E-state index in [9.17, 15) is 8.42 Å². The lowest BCUT2D eigenvalue weighted by Crippen LogP contribution is -2.43. The van der Waals surface area contributed by atoms with E-state index in [4.69, 9.17) is 22.1 Å². The lowest BCUT2D eigenvalue weighted by molar-refractivity contribution is 0.0390. The first kappa shape index (κ1) is 15.8. The molecule has 0 spiro atoms. The quantitative estimate of drug-likeness (QED) is 0.743. The molecule has 20 heavy (non-hydrogen) atoms. The van der Waals surface area contributed by atoms with Gasteiger partial charge in [-0.1, -0.05) is 17.7 Å². The summed E-state index contributed by atoms with van der Waals surface area (Å²) < 4.78 is 32.2. The minimum Gasteiger partial charge on any atom is -0.398 e. The maximum atomic E-state index is 12.2. The third-order valence-corrected chi connectivity index (χ3v) is 5.49. The number of nitrogens with one attached hydrogen (secondary N) is 1. The van der Waals surface area contributed by atoms with Crippen molar-refractivity contribution in [3.8, 4) is 0 Å². The first-order valence-corrected chi connectivity index (χ1v) is 8.53. The second-order valence-electron chi connectivity index (χ2n) is 4.84. The van der Waals surface area contributed by atoms with E-state index in [-0.39, 0.29) is 0 Å². The number of sulfonamides is 1. The Morgan fingerprint density at radius 1 is 1.45 bits per heavy atom. The van der Waals surface area contributed by atoms with E-state index >= 15 is 0 Å². The first-order valence-electron chi connectivity index (χ1n) is 6.61. The highest BCUT2D eigenvalue weighted by atomic mass is 35.5. The number of halogens is 1. The van der Waals surface area contributed by atoms with Crippen LogP contribution in [0.15, 0.2) is 22.9 Å². The molecule has 1 saturated heterocycles. The molecule has 1 atom stereocenters. The molecule has 8 heteroatoms. The smallest absolute Gasteiger partial charge is 0.218 e. The maximum Gasteiger partial charge on any atom is 0.218 e.